The highest BCUT2D eigenvalue weighted by Gasteiger charge is 2.10. The third-order valence-electron chi connectivity index (χ3n) is 2.66. The minimum atomic E-state index is 1.02. The number of hydrogen-bond donors (Lipinski definition) is 0. The van der Waals surface area contributed by atoms with Crippen molar-refractivity contribution in [1.29, 1.82) is 0 Å². The van der Waals surface area contributed by atoms with Crippen molar-refractivity contribution in [2.45, 2.75) is 32.6 Å². The van der Waals surface area contributed by atoms with E-state index in [1.165, 1.54) is 37.9 Å². The van der Waals surface area contributed by atoms with Gasteiger partial charge in [0, 0.05) is 13.1 Å². The van der Waals surface area contributed by atoms with Gasteiger partial charge in [0.25, 0.3) is 0 Å². The number of oxime groups is 1. The molecule has 15 heavy (non-hydrogen) atoms. The molecule has 1 rings (SSSR count). The molecule has 0 saturated heterocycles. The van der Waals surface area contributed by atoms with Crippen molar-refractivity contribution in [2.24, 2.45) is 5.16 Å². The van der Waals surface area contributed by atoms with Gasteiger partial charge in [0.15, 0.2) is 0 Å². The lowest BCUT2D eigenvalue weighted by Crippen LogP contribution is -2.31. The van der Waals surface area contributed by atoms with Crippen molar-refractivity contribution < 1.29 is 4.84 Å². The zero-order valence-electron chi connectivity index (χ0n) is 9.91. The van der Waals surface area contributed by atoms with E-state index in [0.29, 0.717) is 0 Å². The fraction of sp³-hybridized carbons (Fsp3) is 0.750. The second kappa shape index (κ2) is 7.46. The first-order valence-electron chi connectivity index (χ1n) is 5.84. The van der Waals surface area contributed by atoms with Crippen LogP contribution < -0.4 is 0 Å². The van der Waals surface area contributed by atoms with Gasteiger partial charge in [-0.3, -0.25) is 4.90 Å². The molecule has 3 nitrogen and oxygen atoms in total. The largest absolute Gasteiger partial charge is 0.399 e. The van der Waals surface area contributed by atoms with Crippen molar-refractivity contribution in [2.75, 3.05) is 26.7 Å². The Hall–Kier alpha value is -0.830. The third kappa shape index (κ3) is 4.98. The van der Waals surface area contributed by atoms with E-state index in [0.717, 1.165) is 13.0 Å². The van der Waals surface area contributed by atoms with Gasteiger partial charge in [-0.05, 0) is 25.0 Å². The molecule has 0 unspecified atom stereocenters. The third-order valence-corrected chi connectivity index (χ3v) is 2.66. The van der Waals surface area contributed by atoms with Crippen molar-refractivity contribution in [3.05, 3.63) is 11.6 Å². The molecule has 3 heteroatoms. The second-order valence-corrected chi connectivity index (χ2v) is 3.97. The summed E-state index contributed by atoms with van der Waals surface area (Å²) in [7, 11) is 1.58. The minimum Gasteiger partial charge on any atom is -0.399 e. The number of rotatable bonds is 6. The fourth-order valence-electron chi connectivity index (χ4n) is 1.82. The van der Waals surface area contributed by atoms with Gasteiger partial charge in [-0.2, -0.15) is 0 Å². The number of unbranched alkanes of at least 4 members (excludes halogenated alkanes) is 2. The van der Waals surface area contributed by atoms with E-state index in [-0.39, 0.29) is 0 Å². The summed E-state index contributed by atoms with van der Waals surface area (Å²) in [5.41, 5.74) is 1.28. The summed E-state index contributed by atoms with van der Waals surface area (Å²) in [4.78, 5) is 7.18. The highest BCUT2D eigenvalue weighted by molar-refractivity contribution is 5.78. The second-order valence-electron chi connectivity index (χ2n) is 3.97. The molecule has 0 saturated carbocycles. The molecule has 0 fully saturated rings. The van der Waals surface area contributed by atoms with Crippen LogP contribution in [0.1, 0.15) is 32.6 Å². The lowest BCUT2D eigenvalue weighted by atomic mass is 10.1. The van der Waals surface area contributed by atoms with Gasteiger partial charge in [-0.25, -0.2) is 0 Å². The van der Waals surface area contributed by atoms with Gasteiger partial charge < -0.3 is 4.84 Å². The Balaban J connectivity index is 2.27. The van der Waals surface area contributed by atoms with Crippen LogP contribution in [0.25, 0.3) is 0 Å². The summed E-state index contributed by atoms with van der Waals surface area (Å²) >= 11 is 0. The van der Waals surface area contributed by atoms with Crippen LogP contribution in [-0.2, 0) is 4.84 Å². The van der Waals surface area contributed by atoms with Gasteiger partial charge >= 0.3 is 0 Å². The van der Waals surface area contributed by atoms with Crippen LogP contribution >= 0.6 is 0 Å². The summed E-state index contributed by atoms with van der Waals surface area (Å²) in [5.74, 6) is 0. The van der Waals surface area contributed by atoms with Crippen molar-refractivity contribution in [3.8, 4) is 0 Å². The smallest absolute Gasteiger partial charge is 0.106 e. The Morgan fingerprint density at radius 1 is 1.53 bits per heavy atom. The van der Waals surface area contributed by atoms with Gasteiger partial charge in [-0.1, -0.05) is 31.0 Å². The first-order chi connectivity index (χ1) is 7.36. The zero-order chi connectivity index (χ0) is 10.9. The zero-order valence-corrected chi connectivity index (χ0v) is 9.91. The van der Waals surface area contributed by atoms with Crippen LogP contribution in [-0.4, -0.2) is 37.9 Å². The topological polar surface area (TPSA) is 24.8 Å². The first kappa shape index (κ1) is 12.2. The minimum absolute atomic E-state index is 1.02. The first-order valence-corrected chi connectivity index (χ1v) is 5.84. The van der Waals surface area contributed by atoms with E-state index >= 15 is 0 Å². The number of hydrogen-bond acceptors (Lipinski definition) is 3. The monoisotopic (exact) mass is 210 g/mol. The molecule has 1 aliphatic heterocycles. The summed E-state index contributed by atoms with van der Waals surface area (Å²) in [6, 6.07) is 0. The van der Waals surface area contributed by atoms with Crippen LogP contribution in [0.15, 0.2) is 16.8 Å². The predicted octanol–water partition coefficient (Wildman–Crippen LogP) is 2.44. The predicted molar refractivity (Wildman–Crippen MR) is 64.2 cm³/mol. The molecule has 0 aromatic rings. The Labute approximate surface area is 92.8 Å². The van der Waals surface area contributed by atoms with E-state index in [9.17, 15) is 0 Å². The van der Waals surface area contributed by atoms with Gasteiger partial charge in [0.05, 0.1) is 6.21 Å². The Morgan fingerprint density at radius 2 is 2.40 bits per heavy atom. The van der Waals surface area contributed by atoms with E-state index in [1.54, 1.807) is 7.11 Å². The molecule has 0 amide bonds. The molecular formula is C12H22N2O. The number of nitrogens with zero attached hydrogens (tertiary/aromatic N) is 2. The van der Waals surface area contributed by atoms with E-state index in [4.69, 9.17) is 0 Å². The Kier molecular flexibility index (Phi) is 6.09. The maximum Gasteiger partial charge on any atom is 0.106 e. The van der Waals surface area contributed by atoms with Crippen LogP contribution in [0.3, 0.4) is 0 Å². The van der Waals surface area contributed by atoms with Crippen molar-refractivity contribution in [1.82, 2.24) is 4.90 Å². The molecule has 1 heterocycles. The van der Waals surface area contributed by atoms with Crippen molar-refractivity contribution >= 4 is 6.21 Å². The van der Waals surface area contributed by atoms with Gasteiger partial charge in [0.1, 0.15) is 7.11 Å². The highest BCUT2D eigenvalue weighted by atomic mass is 16.6. The summed E-state index contributed by atoms with van der Waals surface area (Å²) in [6.45, 7) is 5.67. The SMILES string of the molecule is CCCCCN1CCC=C(/C=N/OC)C1. The van der Waals surface area contributed by atoms with E-state index < -0.39 is 0 Å². The molecule has 0 aliphatic carbocycles. The summed E-state index contributed by atoms with van der Waals surface area (Å²) < 4.78 is 0. The van der Waals surface area contributed by atoms with Gasteiger partial charge in [0.2, 0.25) is 0 Å². The Morgan fingerprint density at radius 3 is 3.13 bits per heavy atom. The quantitative estimate of drug-likeness (QED) is 0.382. The summed E-state index contributed by atoms with van der Waals surface area (Å²) in [6.07, 6.45) is 9.15. The highest BCUT2D eigenvalue weighted by Crippen LogP contribution is 2.09. The van der Waals surface area contributed by atoms with Crippen LogP contribution in [0.5, 0.6) is 0 Å². The molecule has 0 bridgehead atoms. The van der Waals surface area contributed by atoms with E-state index in [1.807, 2.05) is 6.21 Å². The molecule has 86 valence electrons. The molecule has 0 aromatic carbocycles. The molecule has 0 spiro atoms. The molecular weight excluding hydrogens is 188 g/mol. The van der Waals surface area contributed by atoms with Crippen LogP contribution in [0.2, 0.25) is 0 Å². The van der Waals surface area contributed by atoms with Crippen LogP contribution in [0, 0.1) is 0 Å². The van der Waals surface area contributed by atoms with E-state index in [2.05, 4.69) is 27.9 Å². The maximum absolute atomic E-state index is 4.69. The van der Waals surface area contributed by atoms with Crippen molar-refractivity contribution in [3.63, 3.8) is 0 Å². The molecule has 0 atom stereocenters. The standard InChI is InChI=1S/C12H22N2O/c1-3-4-5-8-14-9-6-7-12(11-14)10-13-15-2/h7,10H,3-6,8-9,11H2,1-2H3/b13-10+. The van der Waals surface area contributed by atoms with Crippen LogP contribution in [0.4, 0.5) is 0 Å². The fourth-order valence-corrected chi connectivity index (χ4v) is 1.82. The normalized spacial score (nSPS) is 18.1. The summed E-state index contributed by atoms with van der Waals surface area (Å²) in [5, 5.41) is 3.81. The molecule has 0 radical (unpaired) electrons. The molecule has 1 aliphatic rings. The van der Waals surface area contributed by atoms with Gasteiger partial charge in [-0.15, -0.1) is 0 Å². The lowest BCUT2D eigenvalue weighted by Gasteiger charge is -2.25. The molecule has 0 aromatic heterocycles. The Bertz CT molecular complexity index is 224. The average molecular weight is 210 g/mol. The lowest BCUT2D eigenvalue weighted by molar-refractivity contribution is 0.214. The maximum atomic E-state index is 4.69. The molecule has 0 N–H and O–H groups in total. The average Bonchev–Trinajstić information content (AvgIpc) is 2.27.